The van der Waals surface area contributed by atoms with E-state index in [2.05, 4.69) is 54.9 Å². The van der Waals surface area contributed by atoms with Crippen molar-refractivity contribution < 1.29 is 0 Å². The first-order valence-corrected chi connectivity index (χ1v) is 7.61. The Kier molecular flexibility index (Phi) is 3.62. The fraction of sp³-hybridized carbons (Fsp3) is 0.471. The van der Waals surface area contributed by atoms with Crippen molar-refractivity contribution in [2.75, 3.05) is 6.54 Å². The number of para-hydroxylation sites is 1. The van der Waals surface area contributed by atoms with Gasteiger partial charge in [0.05, 0.1) is 11.4 Å². The maximum atomic E-state index is 4.85. The molecule has 2 aromatic rings. The van der Waals surface area contributed by atoms with Crippen LogP contribution in [0.4, 0.5) is 0 Å². The lowest BCUT2D eigenvalue weighted by atomic mass is 10.0. The van der Waals surface area contributed by atoms with Crippen LogP contribution in [0.2, 0.25) is 0 Å². The van der Waals surface area contributed by atoms with Gasteiger partial charge in [0.25, 0.3) is 0 Å². The second kappa shape index (κ2) is 5.41. The van der Waals surface area contributed by atoms with E-state index in [1.807, 2.05) is 0 Å². The molecule has 0 saturated carbocycles. The average Bonchev–Trinajstić information content (AvgIpc) is 2.85. The summed E-state index contributed by atoms with van der Waals surface area (Å²) in [5, 5.41) is 3.42. The van der Waals surface area contributed by atoms with Crippen LogP contribution in [0.25, 0.3) is 5.69 Å². The third kappa shape index (κ3) is 2.16. The van der Waals surface area contributed by atoms with E-state index >= 15 is 0 Å². The number of nitrogens with one attached hydrogen (secondary N) is 1. The van der Waals surface area contributed by atoms with Gasteiger partial charge < -0.3 is 9.88 Å². The molecule has 0 unspecified atom stereocenters. The Labute approximate surface area is 121 Å². The number of hydrogen-bond acceptors (Lipinski definition) is 2. The summed E-state index contributed by atoms with van der Waals surface area (Å²) in [7, 11) is 0. The van der Waals surface area contributed by atoms with Crippen LogP contribution in [-0.4, -0.2) is 16.1 Å². The first-order chi connectivity index (χ1) is 9.72. The van der Waals surface area contributed by atoms with Gasteiger partial charge >= 0.3 is 0 Å². The van der Waals surface area contributed by atoms with Gasteiger partial charge in [-0.05, 0) is 17.5 Å². The van der Waals surface area contributed by atoms with Crippen LogP contribution >= 0.6 is 0 Å². The molecule has 0 spiro atoms. The van der Waals surface area contributed by atoms with E-state index < -0.39 is 0 Å². The topological polar surface area (TPSA) is 29.9 Å². The lowest BCUT2D eigenvalue weighted by molar-refractivity contribution is 0.619. The van der Waals surface area contributed by atoms with Gasteiger partial charge in [-0.15, -0.1) is 0 Å². The Hall–Kier alpha value is -1.61. The number of benzene rings is 1. The molecule has 1 aromatic carbocycles. The van der Waals surface area contributed by atoms with E-state index in [1.54, 1.807) is 0 Å². The quantitative estimate of drug-likeness (QED) is 0.927. The largest absolute Gasteiger partial charge is 0.311 e. The van der Waals surface area contributed by atoms with Crippen molar-refractivity contribution >= 4 is 0 Å². The van der Waals surface area contributed by atoms with Gasteiger partial charge in [-0.25, -0.2) is 4.98 Å². The molecule has 1 aliphatic rings. The molecular formula is C17H23N3. The predicted molar refractivity (Wildman–Crippen MR) is 82.4 cm³/mol. The van der Waals surface area contributed by atoms with Crippen molar-refractivity contribution in [3.63, 3.8) is 0 Å². The third-order valence-electron chi connectivity index (χ3n) is 4.07. The first-order valence-electron chi connectivity index (χ1n) is 7.61. The zero-order valence-electron chi connectivity index (χ0n) is 12.6. The molecule has 0 bridgehead atoms. The summed E-state index contributed by atoms with van der Waals surface area (Å²) in [6, 6.07) is 8.74. The van der Waals surface area contributed by atoms with Crippen molar-refractivity contribution in [2.45, 2.75) is 46.1 Å². The summed E-state index contributed by atoms with van der Waals surface area (Å²) in [4.78, 5) is 4.85. The zero-order chi connectivity index (χ0) is 14.1. The minimum atomic E-state index is 0.524. The van der Waals surface area contributed by atoms with Crippen molar-refractivity contribution in [1.82, 2.24) is 14.9 Å². The maximum absolute atomic E-state index is 4.85. The van der Waals surface area contributed by atoms with Crippen LogP contribution in [0.15, 0.2) is 24.3 Å². The van der Waals surface area contributed by atoms with Crippen LogP contribution in [0.5, 0.6) is 0 Å². The molecule has 1 aromatic heterocycles. The minimum Gasteiger partial charge on any atom is -0.311 e. The number of aromatic nitrogens is 2. The molecule has 20 heavy (non-hydrogen) atoms. The van der Waals surface area contributed by atoms with Gasteiger partial charge in [0.15, 0.2) is 0 Å². The molecule has 0 amide bonds. The lowest BCUT2D eigenvalue weighted by Gasteiger charge is -2.20. The molecule has 1 aliphatic heterocycles. The highest BCUT2D eigenvalue weighted by atomic mass is 15.1. The maximum Gasteiger partial charge on any atom is 0.113 e. The summed E-state index contributed by atoms with van der Waals surface area (Å²) >= 11 is 0. The molecule has 3 nitrogen and oxygen atoms in total. The Balaban J connectivity index is 2.21. The highest BCUT2D eigenvalue weighted by Crippen LogP contribution is 2.28. The SMILES string of the molecule is CCc1nc2c(n1-c1ccccc1C(C)C)CCNC2. The molecule has 0 radical (unpaired) electrons. The monoisotopic (exact) mass is 269 g/mol. The molecule has 0 saturated heterocycles. The number of nitrogens with zero attached hydrogens (tertiary/aromatic N) is 2. The summed E-state index contributed by atoms with van der Waals surface area (Å²) in [5.41, 5.74) is 5.34. The van der Waals surface area contributed by atoms with Crippen molar-refractivity contribution in [3.8, 4) is 5.69 Å². The molecule has 3 heteroatoms. The smallest absolute Gasteiger partial charge is 0.113 e. The molecule has 0 atom stereocenters. The minimum absolute atomic E-state index is 0.524. The summed E-state index contributed by atoms with van der Waals surface area (Å²) in [6.07, 6.45) is 2.04. The molecular weight excluding hydrogens is 246 g/mol. The van der Waals surface area contributed by atoms with E-state index in [1.165, 1.54) is 28.5 Å². The highest BCUT2D eigenvalue weighted by molar-refractivity contribution is 5.46. The lowest BCUT2D eigenvalue weighted by Crippen LogP contribution is -2.25. The summed E-state index contributed by atoms with van der Waals surface area (Å²) in [5.74, 6) is 1.71. The number of aryl methyl sites for hydroxylation is 1. The number of imidazole rings is 1. The van der Waals surface area contributed by atoms with Gasteiger partial charge in [0, 0.05) is 31.6 Å². The van der Waals surface area contributed by atoms with Crippen LogP contribution in [0.3, 0.4) is 0 Å². The number of fused-ring (bicyclic) bond motifs is 1. The molecule has 0 fully saturated rings. The average molecular weight is 269 g/mol. The van der Waals surface area contributed by atoms with Crippen LogP contribution in [-0.2, 0) is 19.4 Å². The molecule has 106 valence electrons. The Bertz CT molecular complexity index is 611. The van der Waals surface area contributed by atoms with E-state index in [9.17, 15) is 0 Å². The van der Waals surface area contributed by atoms with Crippen molar-refractivity contribution in [3.05, 3.63) is 47.0 Å². The molecule has 0 aliphatic carbocycles. The predicted octanol–water partition coefficient (Wildman–Crippen LogP) is 3.20. The number of hydrogen-bond donors (Lipinski definition) is 1. The van der Waals surface area contributed by atoms with Gasteiger partial charge in [0.2, 0.25) is 0 Å². The van der Waals surface area contributed by atoms with Crippen molar-refractivity contribution in [1.29, 1.82) is 0 Å². The van der Waals surface area contributed by atoms with Gasteiger partial charge in [-0.1, -0.05) is 39.0 Å². The van der Waals surface area contributed by atoms with Gasteiger partial charge in [-0.3, -0.25) is 0 Å². The second-order valence-electron chi connectivity index (χ2n) is 5.75. The molecule has 2 heterocycles. The summed E-state index contributed by atoms with van der Waals surface area (Å²) < 4.78 is 2.41. The first kappa shape index (κ1) is 13.4. The van der Waals surface area contributed by atoms with E-state index in [-0.39, 0.29) is 0 Å². The summed E-state index contributed by atoms with van der Waals surface area (Å²) in [6.45, 7) is 8.66. The van der Waals surface area contributed by atoms with Crippen LogP contribution in [0.1, 0.15) is 49.5 Å². The van der Waals surface area contributed by atoms with Crippen LogP contribution in [0, 0.1) is 0 Å². The van der Waals surface area contributed by atoms with Gasteiger partial charge in [-0.2, -0.15) is 0 Å². The van der Waals surface area contributed by atoms with Crippen molar-refractivity contribution in [2.24, 2.45) is 0 Å². The third-order valence-corrected chi connectivity index (χ3v) is 4.07. The normalized spacial score (nSPS) is 14.6. The van der Waals surface area contributed by atoms with E-state index in [0.29, 0.717) is 5.92 Å². The Morgan fingerprint density at radius 1 is 1.30 bits per heavy atom. The number of rotatable bonds is 3. The zero-order valence-corrected chi connectivity index (χ0v) is 12.6. The molecule has 3 rings (SSSR count). The van der Waals surface area contributed by atoms with Crippen LogP contribution < -0.4 is 5.32 Å². The second-order valence-corrected chi connectivity index (χ2v) is 5.75. The fourth-order valence-electron chi connectivity index (χ4n) is 3.07. The van der Waals surface area contributed by atoms with E-state index in [4.69, 9.17) is 4.98 Å². The highest BCUT2D eigenvalue weighted by Gasteiger charge is 2.21. The van der Waals surface area contributed by atoms with E-state index in [0.717, 1.165) is 25.9 Å². The Morgan fingerprint density at radius 3 is 2.85 bits per heavy atom. The standard InChI is InChI=1S/C17H23N3/c1-4-17-19-14-11-18-10-9-16(14)20(17)15-8-6-5-7-13(15)12(2)3/h5-8,12,18H,4,9-11H2,1-3H3. The Morgan fingerprint density at radius 2 is 2.10 bits per heavy atom. The molecule has 1 N–H and O–H groups in total. The van der Waals surface area contributed by atoms with Gasteiger partial charge in [0.1, 0.15) is 5.82 Å². The fourth-order valence-corrected chi connectivity index (χ4v) is 3.07.